The van der Waals surface area contributed by atoms with Crippen LogP contribution in [-0.2, 0) is 33.3 Å². The molecule has 0 bridgehead atoms. The zero-order chi connectivity index (χ0) is 82.7. The van der Waals surface area contributed by atoms with Gasteiger partial charge in [-0.25, -0.2) is 9.59 Å². The van der Waals surface area contributed by atoms with E-state index in [4.69, 9.17) is 33.5 Å². The Morgan fingerprint density at radius 1 is 0.304 bits per heavy atom. The molecule has 0 radical (unpaired) electrons. The predicted octanol–water partition coefficient (Wildman–Crippen LogP) is 27.2. The lowest BCUT2D eigenvalue weighted by atomic mass is 9.96. The third-order valence-electron chi connectivity index (χ3n) is 22.8. The van der Waals surface area contributed by atoms with Gasteiger partial charge in [0.05, 0.1) is 19.8 Å². The molecule has 112 heavy (non-hydrogen) atoms. The summed E-state index contributed by atoms with van der Waals surface area (Å²) in [6.07, 6.45) is 62.1. The molecule has 0 saturated carbocycles. The largest absolute Gasteiger partial charge is 0.514 e. The molecule has 0 aliphatic heterocycles. The first-order valence-electron chi connectivity index (χ1n) is 48.3. The van der Waals surface area contributed by atoms with Crippen molar-refractivity contribution in [2.45, 2.75) is 449 Å². The van der Waals surface area contributed by atoms with Crippen LogP contribution in [0.25, 0.3) is 0 Å². The summed E-state index contributed by atoms with van der Waals surface area (Å²) in [5.74, 6) is 1.54. The van der Waals surface area contributed by atoms with E-state index < -0.39 is 12.3 Å². The first-order chi connectivity index (χ1) is 54.7. The molecule has 0 spiro atoms. The number of carbonyl (C=O) groups is 4. The Balaban J connectivity index is 0. The van der Waals surface area contributed by atoms with E-state index in [2.05, 4.69) is 103 Å². The van der Waals surface area contributed by atoms with Crippen molar-refractivity contribution in [3.8, 4) is 5.75 Å². The van der Waals surface area contributed by atoms with Crippen LogP contribution in [-0.4, -0.2) is 166 Å². The third-order valence-corrected chi connectivity index (χ3v) is 22.8. The second-order valence-electron chi connectivity index (χ2n) is 32.7. The van der Waals surface area contributed by atoms with E-state index in [1.54, 1.807) is 0 Å². The third kappa shape index (κ3) is 75.3. The maximum Gasteiger partial charge on any atom is 0.514 e. The van der Waals surface area contributed by atoms with Gasteiger partial charge < -0.3 is 48.2 Å². The summed E-state index contributed by atoms with van der Waals surface area (Å²) in [6, 6.07) is 7.50. The highest BCUT2D eigenvalue weighted by molar-refractivity contribution is 5.69. The molecule has 1 rings (SSSR count). The van der Waals surface area contributed by atoms with Gasteiger partial charge in [-0.3, -0.25) is 14.5 Å². The Morgan fingerprint density at radius 3 is 0.911 bits per heavy atom. The molecule has 0 fully saturated rings. The fraction of sp³-hybridized carbons (Fsp3) is 0.897. The number of aliphatic hydroxyl groups excluding tert-OH is 1. The van der Waals surface area contributed by atoms with Gasteiger partial charge in [0.25, 0.3) is 0 Å². The highest BCUT2D eigenvalue weighted by Gasteiger charge is 2.20. The van der Waals surface area contributed by atoms with Gasteiger partial charge in [0.15, 0.2) is 0 Å². The van der Waals surface area contributed by atoms with Crippen LogP contribution in [0.4, 0.5) is 9.59 Å². The molecule has 0 heterocycles. The Hall–Kier alpha value is -3.50. The van der Waals surface area contributed by atoms with Gasteiger partial charge in [0, 0.05) is 52.1 Å². The summed E-state index contributed by atoms with van der Waals surface area (Å²) in [7, 11) is 0. The Labute approximate surface area is 694 Å². The number of benzene rings is 1. The van der Waals surface area contributed by atoms with Crippen molar-refractivity contribution in [1.29, 1.82) is 0 Å². The van der Waals surface area contributed by atoms with Crippen LogP contribution in [0, 0.1) is 18.8 Å². The van der Waals surface area contributed by atoms with E-state index in [-0.39, 0.29) is 30.8 Å². The quantitative estimate of drug-likeness (QED) is 0.0284. The van der Waals surface area contributed by atoms with Crippen molar-refractivity contribution < 1.29 is 52.7 Å². The van der Waals surface area contributed by atoms with Crippen LogP contribution in [0.2, 0.25) is 0 Å². The zero-order valence-corrected chi connectivity index (χ0v) is 76.4. The minimum atomic E-state index is -0.592. The molecule has 1 N–H and O–H groups in total. The van der Waals surface area contributed by atoms with E-state index in [1.165, 1.54) is 218 Å². The first-order valence-corrected chi connectivity index (χ1v) is 48.3. The van der Waals surface area contributed by atoms with Crippen molar-refractivity contribution >= 4 is 24.2 Å². The molecule has 0 aliphatic carbocycles. The number of esters is 2. The molecular weight excluding hydrogens is 1400 g/mol. The van der Waals surface area contributed by atoms with Gasteiger partial charge in [0.1, 0.15) is 24.6 Å². The molecule has 0 aliphatic rings. The Kier molecular flexibility index (Phi) is 85.7. The second kappa shape index (κ2) is 86.8. The molecule has 4 unspecified atom stereocenters. The summed E-state index contributed by atoms with van der Waals surface area (Å²) in [4.78, 5) is 59.5. The normalized spacial score (nSPS) is 12.5. The second-order valence-corrected chi connectivity index (χ2v) is 32.7. The predicted molar refractivity (Wildman–Crippen MR) is 477 cm³/mol. The average molecular weight is 1590 g/mol. The van der Waals surface area contributed by atoms with Gasteiger partial charge in [-0.1, -0.05) is 345 Å². The standard InChI is InChI=1S/C45H90N2O5.C42H74O5.C10H24N2O/c1-7-13-16-18-19-20-21-22-25-29-34-43(52-45(49)50-40-39-47(12-6)38-37-46(10-4)11-5)35-30-26-23-24-27-31-36-44(48)51-41-42(32-15-9-3)33-28-17-14-8-2;1-5-8-11-13-14-15-16-17-20-24-29-39(46-42(44)47-40-34-32-37(4)33-35-40)30-25-21-18-19-22-26-31-41(43)45-36-38(27-10-7-3)28-23-12-9-6-2;1-4-11(5-2)7-8-12(6-3)9-10-13/h42-43H,7-41H2,1-6H3;32-35,38-39H,5-31,36H2,1-4H3;13H,4-10H2,1-3H3. The topological polar surface area (TPSA) is 157 Å². The van der Waals surface area contributed by atoms with Crippen molar-refractivity contribution in [2.24, 2.45) is 11.8 Å². The maximum absolute atomic E-state index is 12.7. The van der Waals surface area contributed by atoms with Crippen LogP contribution in [0.5, 0.6) is 5.75 Å². The average Bonchev–Trinajstić information content (AvgIpc) is 0.907. The summed E-state index contributed by atoms with van der Waals surface area (Å²) >= 11 is 0. The number of likely N-dealkylation sites (N-methyl/N-ethyl adjacent to an activating group) is 4. The molecule has 15 heteroatoms. The van der Waals surface area contributed by atoms with Crippen LogP contribution in [0.3, 0.4) is 0 Å². The summed E-state index contributed by atoms with van der Waals surface area (Å²) in [5, 5.41) is 8.79. The minimum Gasteiger partial charge on any atom is -0.465 e. The highest BCUT2D eigenvalue weighted by Crippen LogP contribution is 2.25. The van der Waals surface area contributed by atoms with Gasteiger partial charge in [-0.15, -0.1) is 0 Å². The Morgan fingerprint density at radius 2 is 0.580 bits per heavy atom. The number of aryl methyl sites for hydroxylation is 1. The van der Waals surface area contributed by atoms with Crippen molar-refractivity contribution in [3.63, 3.8) is 0 Å². The number of nitrogens with zero attached hydrogens (tertiary/aromatic N) is 4. The lowest BCUT2D eigenvalue weighted by Gasteiger charge is -2.25. The molecule has 0 amide bonds. The Bertz CT molecular complexity index is 2110. The molecular formula is C97H188N4O11. The molecule has 15 nitrogen and oxygen atoms in total. The number of rotatable bonds is 80. The number of ether oxygens (including phenoxy) is 6. The molecule has 0 saturated heterocycles. The van der Waals surface area contributed by atoms with Crippen molar-refractivity contribution in [2.75, 3.05) is 105 Å². The van der Waals surface area contributed by atoms with Crippen LogP contribution >= 0.6 is 0 Å². The lowest BCUT2D eigenvalue weighted by molar-refractivity contribution is -0.146. The number of aliphatic hydroxyl groups is 1. The van der Waals surface area contributed by atoms with E-state index in [9.17, 15) is 19.2 Å². The van der Waals surface area contributed by atoms with E-state index in [0.717, 1.165) is 200 Å². The number of hydrogen-bond donors (Lipinski definition) is 1. The summed E-state index contributed by atoms with van der Waals surface area (Å²) < 4.78 is 34.2. The van der Waals surface area contributed by atoms with Crippen LogP contribution in [0.15, 0.2) is 24.3 Å². The van der Waals surface area contributed by atoms with Gasteiger partial charge in [-0.2, -0.15) is 0 Å². The lowest BCUT2D eigenvalue weighted by Crippen LogP contribution is -2.37. The maximum atomic E-state index is 12.7. The highest BCUT2D eigenvalue weighted by atomic mass is 16.7. The van der Waals surface area contributed by atoms with Gasteiger partial charge in [-0.05, 0) is 160 Å². The van der Waals surface area contributed by atoms with Gasteiger partial charge >= 0.3 is 24.2 Å². The monoisotopic (exact) mass is 1590 g/mol. The van der Waals surface area contributed by atoms with Crippen LogP contribution in [0.1, 0.15) is 435 Å². The first kappa shape index (κ1) is 111. The van der Waals surface area contributed by atoms with Crippen molar-refractivity contribution in [3.05, 3.63) is 29.8 Å². The summed E-state index contributed by atoms with van der Waals surface area (Å²) in [6.45, 7) is 42.5. The number of carbonyl (C=O) groups excluding carboxylic acids is 4. The molecule has 4 atom stereocenters. The fourth-order valence-corrected chi connectivity index (χ4v) is 14.8. The molecule has 1 aromatic carbocycles. The molecule has 662 valence electrons. The van der Waals surface area contributed by atoms with E-state index >= 15 is 0 Å². The van der Waals surface area contributed by atoms with Crippen LogP contribution < -0.4 is 4.74 Å². The van der Waals surface area contributed by atoms with E-state index in [0.29, 0.717) is 50.2 Å². The molecule has 0 aromatic heterocycles. The minimum absolute atomic E-state index is 0.0176. The van der Waals surface area contributed by atoms with Crippen molar-refractivity contribution in [1.82, 2.24) is 19.6 Å². The zero-order valence-electron chi connectivity index (χ0n) is 76.4. The van der Waals surface area contributed by atoms with E-state index in [1.807, 2.05) is 31.2 Å². The fourth-order valence-electron chi connectivity index (χ4n) is 14.8. The smallest absolute Gasteiger partial charge is 0.465 e. The molecule has 1 aromatic rings. The van der Waals surface area contributed by atoms with Gasteiger partial charge in [0.2, 0.25) is 0 Å². The SMILES string of the molecule is CCCCCCCCCCCCC(CCCCCCCCC(=O)OCC(CCCC)CCCCCC)OC(=O)OCCN(CC)CCN(CC)CC.CCCCCCCCCCCCC(CCCCCCCCC(=O)OCC(CCCC)CCCCCC)OC(=O)Oc1ccc(C)cc1.CCN(CC)CCN(CC)CCO. The summed E-state index contributed by atoms with van der Waals surface area (Å²) in [5.41, 5.74) is 1.13. The number of hydrogen-bond acceptors (Lipinski definition) is 15. The number of unbranched alkanes of at least 4 members (excludes halogenated alkanes) is 36.